The molecule has 5 heavy (non-hydrogen) atoms. The van der Waals surface area contributed by atoms with E-state index in [9.17, 15) is 0 Å². The minimum atomic E-state index is 0. The molecule has 0 bridgehead atoms. The molecule has 0 aliphatic heterocycles. The maximum atomic E-state index is 2.08. The first kappa shape index (κ1) is 10.1. The van der Waals surface area contributed by atoms with Crippen molar-refractivity contribution in [3.63, 3.8) is 0 Å². The van der Waals surface area contributed by atoms with E-state index in [1.165, 1.54) is 5.92 Å². The van der Waals surface area contributed by atoms with E-state index in [0.717, 1.165) is 0 Å². The predicted molar refractivity (Wildman–Crippen MR) is 27.4 cm³/mol. The van der Waals surface area contributed by atoms with Crippen molar-refractivity contribution in [3.8, 4) is 0 Å². The van der Waals surface area contributed by atoms with Crippen molar-refractivity contribution in [2.45, 2.75) is 20.8 Å². The third kappa shape index (κ3) is 23.6. The molecular weight excluding hydrogens is 181 g/mol. The Morgan fingerprint density at radius 1 is 1.00 bits per heavy atom. The molecule has 0 N–H and O–H groups in total. The van der Waals surface area contributed by atoms with Crippen LogP contribution < -0.4 is 0 Å². The van der Waals surface area contributed by atoms with Crippen LogP contribution in [0.2, 0.25) is 0 Å². The zero-order valence-corrected chi connectivity index (χ0v) is 3.50. The summed E-state index contributed by atoms with van der Waals surface area (Å²) in [6.45, 7) is 6.25. The molecule has 0 aromatic rings. The van der Waals surface area contributed by atoms with Crippen LogP contribution in [-0.2, 0) is 0 Å². The molecule has 0 nitrogen and oxygen atoms in total. The van der Waals surface area contributed by atoms with Gasteiger partial charge in [-0.1, -0.05) is 20.8 Å². The van der Waals surface area contributed by atoms with Crippen LogP contribution in [0, 0.1) is 5.92 Å². The van der Waals surface area contributed by atoms with Crippen molar-refractivity contribution >= 4 is 68.9 Å². The predicted octanol–water partition coefficient (Wildman–Crippen LogP) is 0.972. The average molecular weight is 191 g/mol. The average Bonchev–Trinajstić information content (AvgIpc) is 0.811. The Labute approximate surface area is 93.1 Å². The molecule has 0 saturated carbocycles. The van der Waals surface area contributed by atoms with Gasteiger partial charge in [-0.25, -0.2) is 0 Å². The van der Waals surface area contributed by atoms with Crippen LogP contribution in [-0.4, -0.2) is 68.9 Å². The standard InChI is InChI=1S/C4H9.Cs.H/c1-4(2)3;;/h1-3H3;;. The van der Waals surface area contributed by atoms with Crippen molar-refractivity contribution in [3.05, 3.63) is 5.92 Å². The Bertz CT molecular complexity index is 8.36. The Balaban J connectivity index is 0. The normalized spacial score (nSPS) is 7.20. The first-order valence-electron chi connectivity index (χ1n) is 1.50. The molecule has 0 aromatic carbocycles. The SMILES string of the molecule is C[C](C)C.[CsH]. The Morgan fingerprint density at radius 2 is 1.00 bits per heavy atom. The van der Waals surface area contributed by atoms with Crippen LogP contribution in [0.15, 0.2) is 0 Å². The maximum absolute atomic E-state index is 2.08. The number of hydrogen-bond donors (Lipinski definition) is 0. The molecule has 0 saturated heterocycles. The Kier molecular flexibility index (Phi) is 12.2. The molecule has 0 unspecified atom stereocenters. The second-order valence-corrected chi connectivity index (χ2v) is 1.50. The fourth-order valence-corrected chi connectivity index (χ4v) is 0. The molecule has 0 aromatic heterocycles. The van der Waals surface area contributed by atoms with Gasteiger partial charge < -0.3 is 0 Å². The van der Waals surface area contributed by atoms with Gasteiger partial charge in [0.2, 0.25) is 0 Å². The van der Waals surface area contributed by atoms with E-state index in [4.69, 9.17) is 0 Å². The summed E-state index contributed by atoms with van der Waals surface area (Å²) in [6, 6.07) is 0. The summed E-state index contributed by atoms with van der Waals surface area (Å²) in [6.07, 6.45) is 0. The minimum absolute atomic E-state index is 0. The molecule has 0 heterocycles. The van der Waals surface area contributed by atoms with Gasteiger partial charge in [-0.3, -0.25) is 0 Å². The molecule has 0 rings (SSSR count). The zero-order chi connectivity index (χ0) is 3.58. The second kappa shape index (κ2) is 6.05. The van der Waals surface area contributed by atoms with Crippen LogP contribution in [0.25, 0.3) is 0 Å². The first-order chi connectivity index (χ1) is 1.73. The van der Waals surface area contributed by atoms with Gasteiger partial charge in [0.25, 0.3) is 0 Å². The van der Waals surface area contributed by atoms with Gasteiger partial charge in [0.05, 0.1) is 0 Å². The molecular formula is C4H10Cs. The van der Waals surface area contributed by atoms with E-state index >= 15 is 0 Å². The summed E-state index contributed by atoms with van der Waals surface area (Å²) < 4.78 is 0. The fraction of sp³-hybridized carbons (Fsp3) is 0.750. The topological polar surface area (TPSA) is 0 Å². The molecule has 1 heteroatoms. The third-order valence-electron chi connectivity index (χ3n) is 0. The molecule has 0 fully saturated rings. The van der Waals surface area contributed by atoms with E-state index in [-0.39, 0.29) is 68.9 Å². The summed E-state index contributed by atoms with van der Waals surface area (Å²) in [5.74, 6) is 1.42. The summed E-state index contributed by atoms with van der Waals surface area (Å²) >= 11 is 0. The molecule has 0 spiro atoms. The molecule has 0 aliphatic carbocycles. The number of rotatable bonds is 0. The molecule has 0 atom stereocenters. The molecule has 1 radical (unpaired) electrons. The van der Waals surface area contributed by atoms with E-state index in [1.807, 2.05) is 0 Å². The van der Waals surface area contributed by atoms with E-state index < -0.39 is 0 Å². The molecule has 27 valence electrons. The molecule has 0 amide bonds. The second-order valence-electron chi connectivity index (χ2n) is 1.50. The molecule has 0 aliphatic rings. The monoisotopic (exact) mass is 191 g/mol. The van der Waals surface area contributed by atoms with Gasteiger partial charge in [0, 0.05) is 0 Å². The van der Waals surface area contributed by atoms with E-state index in [2.05, 4.69) is 20.8 Å². The van der Waals surface area contributed by atoms with E-state index in [0.29, 0.717) is 0 Å². The van der Waals surface area contributed by atoms with Crippen LogP contribution in [0.1, 0.15) is 20.8 Å². The van der Waals surface area contributed by atoms with Crippen molar-refractivity contribution < 1.29 is 0 Å². The van der Waals surface area contributed by atoms with Crippen molar-refractivity contribution in [1.29, 1.82) is 0 Å². The number of hydrogen-bond acceptors (Lipinski definition) is 0. The van der Waals surface area contributed by atoms with Gasteiger partial charge in [-0.05, 0) is 5.92 Å². The summed E-state index contributed by atoms with van der Waals surface area (Å²) in [5, 5.41) is 0. The quantitative estimate of drug-likeness (QED) is 0.535. The van der Waals surface area contributed by atoms with Gasteiger partial charge in [0.1, 0.15) is 0 Å². The fourth-order valence-electron chi connectivity index (χ4n) is 0. The van der Waals surface area contributed by atoms with E-state index in [1.54, 1.807) is 0 Å². The van der Waals surface area contributed by atoms with Crippen LogP contribution in [0.4, 0.5) is 0 Å². The third-order valence-corrected chi connectivity index (χ3v) is 0. The van der Waals surface area contributed by atoms with Crippen molar-refractivity contribution in [2.24, 2.45) is 0 Å². The Hall–Kier alpha value is 2.05. The van der Waals surface area contributed by atoms with Gasteiger partial charge >= 0.3 is 68.9 Å². The van der Waals surface area contributed by atoms with Crippen molar-refractivity contribution in [2.75, 3.05) is 0 Å². The van der Waals surface area contributed by atoms with Crippen LogP contribution in [0.5, 0.6) is 0 Å². The Morgan fingerprint density at radius 3 is 1.00 bits per heavy atom. The van der Waals surface area contributed by atoms with Crippen molar-refractivity contribution in [1.82, 2.24) is 0 Å². The summed E-state index contributed by atoms with van der Waals surface area (Å²) in [7, 11) is 0. The van der Waals surface area contributed by atoms with Crippen LogP contribution in [0.3, 0.4) is 0 Å². The summed E-state index contributed by atoms with van der Waals surface area (Å²) in [4.78, 5) is 0. The van der Waals surface area contributed by atoms with Gasteiger partial charge in [-0.2, -0.15) is 0 Å². The van der Waals surface area contributed by atoms with Crippen LogP contribution >= 0.6 is 0 Å². The zero-order valence-electron chi connectivity index (χ0n) is 3.50. The first-order valence-corrected chi connectivity index (χ1v) is 1.50. The summed E-state index contributed by atoms with van der Waals surface area (Å²) in [5.41, 5.74) is 0. The van der Waals surface area contributed by atoms with Gasteiger partial charge in [-0.15, -0.1) is 0 Å². The van der Waals surface area contributed by atoms with Gasteiger partial charge in [0.15, 0.2) is 0 Å².